The highest BCUT2D eigenvalue weighted by atomic mass is 16.2. The van der Waals surface area contributed by atoms with Gasteiger partial charge in [-0.05, 0) is 132 Å². The van der Waals surface area contributed by atoms with Crippen LogP contribution in [0.3, 0.4) is 0 Å². The number of pyridine rings is 4. The van der Waals surface area contributed by atoms with Crippen LogP contribution < -0.4 is 10.6 Å². The molecular weight excluding hydrogens is 596 g/mol. The second-order valence-electron chi connectivity index (χ2n) is 15.6. The van der Waals surface area contributed by atoms with E-state index in [1.54, 1.807) is 12.4 Å². The van der Waals surface area contributed by atoms with Gasteiger partial charge >= 0.3 is 0 Å². The molecule has 4 atom stereocenters. The summed E-state index contributed by atoms with van der Waals surface area (Å²) in [6.45, 7) is 10.5. The molecular formula is C40H44N6O2. The van der Waals surface area contributed by atoms with Crippen molar-refractivity contribution in [2.24, 2.45) is 22.7 Å². The van der Waals surface area contributed by atoms with Crippen LogP contribution in [-0.4, -0.2) is 44.8 Å². The maximum absolute atomic E-state index is 12.7. The van der Waals surface area contributed by atoms with Gasteiger partial charge in [0.1, 0.15) is 0 Å². The first-order chi connectivity index (χ1) is 23.1. The summed E-state index contributed by atoms with van der Waals surface area (Å²) < 4.78 is 0. The van der Waals surface area contributed by atoms with Crippen LogP contribution in [-0.2, 0) is 12.8 Å². The Hall–Kier alpha value is -4.46. The van der Waals surface area contributed by atoms with Crippen molar-refractivity contribution in [3.63, 3.8) is 0 Å². The zero-order valence-electron chi connectivity index (χ0n) is 28.3. The summed E-state index contributed by atoms with van der Waals surface area (Å²) >= 11 is 0. The van der Waals surface area contributed by atoms with Gasteiger partial charge in [-0.3, -0.25) is 29.5 Å². The molecule has 0 radical (unpaired) electrons. The molecule has 4 bridgehead atoms. The summed E-state index contributed by atoms with van der Waals surface area (Å²) in [5.41, 5.74) is 10.7. The molecule has 6 aliphatic rings. The predicted octanol–water partition coefficient (Wildman–Crippen LogP) is 6.91. The average molecular weight is 641 g/mol. The summed E-state index contributed by atoms with van der Waals surface area (Å²) in [5.74, 6) is 2.41. The number of aromatic nitrogens is 4. The van der Waals surface area contributed by atoms with E-state index in [0.29, 0.717) is 46.9 Å². The minimum absolute atomic E-state index is 0.154. The van der Waals surface area contributed by atoms with Crippen molar-refractivity contribution in [2.45, 2.75) is 78.1 Å². The van der Waals surface area contributed by atoms with Crippen LogP contribution in [0.2, 0.25) is 0 Å². The largest absolute Gasteiger partial charge is 0.352 e. The van der Waals surface area contributed by atoms with Gasteiger partial charge in [0.05, 0.1) is 33.9 Å². The highest BCUT2D eigenvalue weighted by Crippen LogP contribution is 2.63. The molecule has 48 heavy (non-hydrogen) atoms. The third-order valence-corrected chi connectivity index (χ3v) is 12.4. The summed E-state index contributed by atoms with van der Waals surface area (Å²) in [4.78, 5) is 44.0. The molecule has 0 saturated heterocycles. The van der Waals surface area contributed by atoms with Gasteiger partial charge in [-0.15, -0.1) is 0 Å². The maximum atomic E-state index is 12.7. The highest BCUT2D eigenvalue weighted by Gasteiger charge is 2.53. The lowest BCUT2D eigenvalue weighted by molar-refractivity contribution is 0.0183. The predicted molar refractivity (Wildman–Crippen MR) is 186 cm³/mol. The molecule has 2 amide bonds. The smallest absolute Gasteiger partial charge is 0.252 e. The van der Waals surface area contributed by atoms with Crippen molar-refractivity contribution < 1.29 is 9.59 Å². The standard InChI is InChI=1S/C40H44N6O2/c1-39(2)27-13-25-15-35(45-21-29(25)31(39)17-27)33-9-7-23(19-43-33)37(47)41-11-5-6-12-42-38(48)24-8-10-34(44-20-24)36-16-26-14-28-18-32(40(28,3)4)30(26)22-46-36/h7-10,15-16,19-22,27-28,31-32H,5-6,11-14,17-18H2,1-4H3,(H,41,47)(H,42,48)/t27-,28-,31-,32-/m1/s1. The molecule has 246 valence electrons. The second-order valence-corrected chi connectivity index (χ2v) is 15.6. The van der Waals surface area contributed by atoms with Gasteiger partial charge in [-0.1, -0.05) is 27.7 Å². The first kappa shape index (κ1) is 30.8. The lowest BCUT2D eigenvalue weighted by Crippen LogP contribution is -2.48. The van der Waals surface area contributed by atoms with E-state index >= 15 is 0 Å². The maximum Gasteiger partial charge on any atom is 0.252 e. The number of nitrogens with zero attached hydrogens (tertiary/aromatic N) is 4. The lowest BCUT2D eigenvalue weighted by Gasteiger charge is -2.57. The molecule has 2 fully saturated rings. The first-order valence-corrected chi connectivity index (χ1v) is 17.6. The molecule has 4 heterocycles. The van der Waals surface area contributed by atoms with E-state index < -0.39 is 0 Å². The van der Waals surface area contributed by atoms with Crippen molar-refractivity contribution in [3.8, 4) is 22.8 Å². The minimum atomic E-state index is -0.154. The van der Waals surface area contributed by atoms with E-state index in [9.17, 15) is 9.59 Å². The number of nitrogens with one attached hydrogen (secondary N) is 2. The van der Waals surface area contributed by atoms with Crippen LogP contribution in [0.4, 0.5) is 0 Å². The molecule has 0 unspecified atom stereocenters. The number of hydrogen-bond acceptors (Lipinski definition) is 6. The summed E-state index contributed by atoms with van der Waals surface area (Å²) in [6, 6.07) is 11.7. The van der Waals surface area contributed by atoms with Crippen molar-refractivity contribution in [1.29, 1.82) is 0 Å². The van der Waals surface area contributed by atoms with Gasteiger partial charge in [-0.2, -0.15) is 0 Å². The second kappa shape index (κ2) is 11.6. The fourth-order valence-corrected chi connectivity index (χ4v) is 8.81. The monoisotopic (exact) mass is 640 g/mol. The zero-order valence-corrected chi connectivity index (χ0v) is 28.3. The molecule has 0 spiro atoms. The molecule has 2 N–H and O–H groups in total. The van der Waals surface area contributed by atoms with Crippen LogP contribution in [0.15, 0.2) is 61.2 Å². The SMILES string of the molecule is CC1(C)[C@@H]2Cc3cc(-c4ccc(C(=O)NCCCCNC(=O)c5ccc(-c6cc7c(cn6)[C@H]6C[C@@H](C7)C6(C)C)nc5)cn4)ncc3[C@H]1C2. The molecule has 4 aromatic heterocycles. The summed E-state index contributed by atoms with van der Waals surface area (Å²) in [7, 11) is 0. The fraction of sp³-hybridized carbons (Fsp3) is 0.450. The van der Waals surface area contributed by atoms with Crippen LogP contribution in [0.25, 0.3) is 22.8 Å². The summed E-state index contributed by atoms with van der Waals surface area (Å²) in [6.07, 6.45) is 13.6. The number of amides is 2. The van der Waals surface area contributed by atoms with Gasteiger partial charge in [0.2, 0.25) is 0 Å². The van der Waals surface area contributed by atoms with E-state index in [1.165, 1.54) is 35.1 Å². The number of carbonyl (C=O) groups is 2. The van der Waals surface area contributed by atoms with Gasteiger partial charge < -0.3 is 10.6 Å². The van der Waals surface area contributed by atoms with Crippen molar-refractivity contribution in [2.75, 3.05) is 13.1 Å². The Morgan fingerprint density at radius 2 is 1.04 bits per heavy atom. The summed E-state index contributed by atoms with van der Waals surface area (Å²) in [5, 5.41) is 5.92. The topological polar surface area (TPSA) is 110 Å². The normalized spacial score (nSPS) is 23.5. The van der Waals surface area contributed by atoms with Crippen molar-refractivity contribution in [3.05, 3.63) is 94.6 Å². The Kier molecular flexibility index (Phi) is 7.46. The molecule has 4 aromatic rings. The first-order valence-electron chi connectivity index (χ1n) is 17.6. The van der Waals surface area contributed by atoms with Gasteiger partial charge in [0, 0.05) is 37.9 Å². The van der Waals surface area contributed by atoms with Crippen LogP contribution in [0, 0.1) is 22.7 Å². The van der Waals surface area contributed by atoms with E-state index in [0.717, 1.165) is 60.3 Å². The molecule has 0 aromatic carbocycles. The fourth-order valence-electron chi connectivity index (χ4n) is 8.81. The Morgan fingerprint density at radius 1 is 0.625 bits per heavy atom. The molecule has 8 nitrogen and oxygen atoms in total. The van der Waals surface area contributed by atoms with Gasteiger partial charge in [0.25, 0.3) is 11.8 Å². The van der Waals surface area contributed by atoms with Crippen LogP contribution in [0.5, 0.6) is 0 Å². The number of hydrogen-bond donors (Lipinski definition) is 2. The van der Waals surface area contributed by atoms with Crippen molar-refractivity contribution >= 4 is 11.8 Å². The van der Waals surface area contributed by atoms with Crippen LogP contribution in [0.1, 0.15) is 108 Å². The van der Waals surface area contributed by atoms with Crippen LogP contribution >= 0.6 is 0 Å². The Morgan fingerprint density at radius 3 is 1.42 bits per heavy atom. The Balaban J connectivity index is 0.771. The van der Waals surface area contributed by atoms with E-state index in [4.69, 9.17) is 9.97 Å². The van der Waals surface area contributed by atoms with E-state index in [2.05, 4.69) is 60.4 Å². The third kappa shape index (κ3) is 5.20. The molecule has 6 aliphatic carbocycles. The van der Waals surface area contributed by atoms with Crippen molar-refractivity contribution in [1.82, 2.24) is 30.6 Å². The zero-order chi connectivity index (χ0) is 33.2. The third-order valence-electron chi connectivity index (χ3n) is 12.4. The Bertz CT molecular complexity index is 1760. The molecule has 0 aliphatic heterocycles. The van der Waals surface area contributed by atoms with E-state index in [1.807, 2.05) is 36.7 Å². The highest BCUT2D eigenvalue weighted by molar-refractivity contribution is 5.94. The lowest BCUT2D eigenvalue weighted by atomic mass is 9.47. The average Bonchev–Trinajstić information content (AvgIpc) is 3.11. The minimum Gasteiger partial charge on any atom is -0.352 e. The Labute approximate surface area is 282 Å². The van der Waals surface area contributed by atoms with E-state index in [-0.39, 0.29) is 11.8 Å². The van der Waals surface area contributed by atoms with Gasteiger partial charge in [0.15, 0.2) is 0 Å². The number of rotatable bonds is 9. The number of carbonyl (C=O) groups excluding carboxylic acids is 2. The molecule has 8 heteroatoms. The molecule has 2 saturated carbocycles. The van der Waals surface area contributed by atoms with Gasteiger partial charge in [-0.25, -0.2) is 0 Å². The molecule has 10 rings (SSSR count). The number of unbranched alkanes of at least 4 members (excludes halogenated alkanes) is 1. The quantitative estimate of drug-likeness (QED) is 0.193.